The van der Waals surface area contributed by atoms with Gasteiger partial charge in [-0.25, -0.2) is 14.6 Å². The summed E-state index contributed by atoms with van der Waals surface area (Å²) in [5.41, 5.74) is 6.15. The molecule has 0 aromatic carbocycles. The highest BCUT2D eigenvalue weighted by molar-refractivity contribution is 5.94. The normalized spacial score (nSPS) is 21.4. The fourth-order valence-corrected chi connectivity index (χ4v) is 2.22. The Labute approximate surface area is 121 Å². The van der Waals surface area contributed by atoms with Gasteiger partial charge in [0.25, 0.3) is 5.91 Å². The number of nitrogens with zero attached hydrogens (tertiary/aromatic N) is 4. The summed E-state index contributed by atoms with van der Waals surface area (Å²) in [6.07, 6.45) is 5.62. The zero-order valence-corrected chi connectivity index (χ0v) is 11.3. The zero-order chi connectivity index (χ0) is 14.7. The predicted octanol–water partition coefficient (Wildman–Crippen LogP) is 0.107. The van der Waals surface area contributed by atoms with Crippen molar-refractivity contribution in [2.24, 2.45) is 5.73 Å². The van der Waals surface area contributed by atoms with E-state index in [1.54, 1.807) is 24.7 Å². The Hall–Kier alpha value is -2.32. The topological polar surface area (TPSA) is 108 Å². The van der Waals surface area contributed by atoms with Crippen molar-refractivity contribution in [1.29, 1.82) is 0 Å². The Morgan fingerprint density at radius 2 is 2.38 bits per heavy atom. The largest absolute Gasteiger partial charge is 0.364 e. The molecular formula is C13H16N6O2. The first-order valence-electron chi connectivity index (χ1n) is 6.73. The molecule has 0 radical (unpaired) electrons. The van der Waals surface area contributed by atoms with E-state index in [0.717, 1.165) is 6.42 Å². The average Bonchev–Trinajstić information content (AvgIpc) is 3.19. The van der Waals surface area contributed by atoms with Gasteiger partial charge in [-0.05, 0) is 25.0 Å². The van der Waals surface area contributed by atoms with Crippen molar-refractivity contribution in [3.05, 3.63) is 31.0 Å². The first kappa shape index (κ1) is 13.7. The summed E-state index contributed by atoms with van der Waals surface area (Å²) in [5, 5.41) is 6.77. The summed E-state index contributed by atoms with van der Waals surface area (Å²) < 4.78 is 7.09. The maximum Gasteiger partial charge on any atom is 0.253 e. The number of nitrogens with one attached hydrogen (secondary N) is 1. The summed E-state index contributed by atoms with van der Waals surface area (Å²) in [6.45, 7) is 0.442. The van der Waals surface area contributed by atoms with Crippen LogP contribution >= 0.6 is 0 Å². The lowest BCUT2D eigenvalue weighted by Crippen LogP contribution is -2.29. The van der Waals surface area contributed by atoms with Gasteiger partial charge < -0.3 is 15.8 Å². The number of rotatable bonds is 4. The molecule has 1 aliphatic heterocycles. The van der Waals surface area contributed by atoms with Gasteiger partial charge in [0.1, 0.15) is 18.8 Å². The second kappa shape index (κ2) is 5.98. The molecular weight excluding hydrogens is 272 g/mol. The van der Waals surface area contributed by atoms with Gasteiger partial charge in [-0.3, -0.25) is 4.79 Å². The number of nitrogens with two attached hydrogens (primary N) is 1. The summed E-state index contributed by atoms with van der Waals surface area (Å²) >= 11 is 0. The van der Waals surface area contributed by atoms with Crippen LogP contribution in [0.15, 0.2) is 31.0 Å². The number of anilines is 1. The Bertz CT molecular complexity index is 598. The fourth-order valence-electron chi connectivity index (χ4n) is 2.22. The molecule has 110 valence electrons. The number of pyridine rings is 1. The second-order valence-corrected chi connectivity index (χ2v) is 4.79. The maximum atomic E-state index is 12.1. The van der Waals surface area contributed by atoms with Gasteiger partial charge >= 0.3 is 0 Å². The van der Waals surface area contributed by atoms with E-state index in [1.165, 1.54) is 11.0 Å². The van der Waals surface area contributed by atoms with E-state index >= 15 is 0 Å². The smallest absolute Gasteiger partial charge is 0.253 e. The lowest BCUT2D eigenvalue weighted by Gasteiger charge is -2.12. The van der Waals surface area contributed by atoms with Gasteiger partial charge in [-0.2, -0.15) is 5.10 Å². The van der Waals surface area contributed by atoms with Gasteiger partial charge in [0.05, 0.1) is 18.0 Å². The fraction of sp³-hybridized carbons (Fsp3) is 0.385. The Morgan fingerprint density at radius 1 is 1.48 bits per heavy atom. The van der Waals surface area contributed by atoms with Crippen molar-refractivity contribution in [3.63, 3.8) is 0 Å². The molecule has 1 saturated heterocycles. The van der Waals surface area contributed by atoms with Crippen LogP contribution in [0.25, 0.3) is 5.82 Å². The molecule has 1 aliphatic rings. The number of carbonyl (C=O) groups is 1. The van der Waals surface area contributed by atoms with Crippen LogP contribution in [0.1, 0.15) is 12.8 Å². The molecule has 0 unspecified atom stereocenters. The van der Waals surface area contributed by atoms with Crippen LogP contribution in [0, 0.1) is 0 Å². The standard InChI is InChI=1S/C13H16N6O2/c14-5-10-2-3-11(21-10)13(20)18-9-1-4-12(16-6-9)19-8-15-7-17-19/h1,4,6-8,10-11H,2-3,5,14H2,(H,18,20)/t10-,11+/m1/s1. The molecule has 2 aromatic heterocycles. The van der Waals surface area contributed by atoms with E-state index in [9.17, 15) is 4.79 Å². The predicted molar refractivity (Wildman–Crippen MR) is 74.7 cm³/mol. The second-order valence-electron chi connectivity index (χ2n) is 4.79. The first-order chi connectivity index (χ1) is 10.3. The van der Waals surface area contributed by atoms with Crippen LogP contribution in [0.2, 0.25) is 0 Å². The van der Waals surface area contributed by atoms with Gasteiger partial charge in [0.15, 0.2) is 5.82 Å². The zero-order valence-electron chi connectivity index (χ0n) is 11.3. The molecule has 1 fully saturated rings. The highest BCUT2D eigenvalue weighted by Crippen LogP contribution is 2.20. The SMILES string of the molecule is NC[C@H]1CC[C@@H](C(=O)Nc2ccc(-n3cncn3)nc2)O1. The third kappa shape index (κ3) is 3.06. The molecule has 0 aliphatic carbocycles. The summed E-state index contributed by atoms with van der Waals surface area (Å²) in [6, 6.07) is 3.51. The van der Waals surface area contributed by atoms with Gasteiger partial charge in [-0.15, -0.1) is 0 Å². The van der Waals surface area contributed by atoms with Crippen molar-refractivity contribution in [2.75, 3.05) is 11.9 Å². The molecule has 21 heavy (non-hydrogen) atoms. The van der Waals surface area contributed by atoms with Crippen LogP contribution in [0.5, 0.6) is 0 Å². The number of amides is 1. The monoisotopic (exact) mass is 288 g/mol. The lowest BCUT2D eigenvalue weighted by atomic mass is 10.2. The van der Waals surface area contributed by atoms with Crippen molar-refractivity contribution in [1.82, 2.24) is 19.7 Å². The van der Waals surface area contributed by atoms with Crippen LogP contribution in [0.4, 0.5) is 5.69 Å². The summed E-state index contributed by atoms with van der Waals surface area (Å²) in [7, 11) is 0. The van der Waals surface area contributed by atoms with Crippen LogP contribution < -0.4 is 11.1 Å². The van der Waals surface area contributed by atoms with Crippen molar-refractivity contribution >= 4 is 11.6 Å². The number of hydrogen-bond acceptors (Lipinski definition) is 6. The van der Waals surface area contributed by atoms with Crippen LogP contribution in [0.3, 0.4) is 0 Å². The summed E-state index contributed by atoms with van der Waals surface area (Å²) in [4.78, 5) is 20.1. The molecule has 3 N–H and O–H groups in total. The minimum Gasteiger partial charge on any atom is -0.364 e. The number of aromatic nitrogens is 4. The number of ether oxygens (including phenoxy) is 1. The van der Waals surface area contributed by atoms with E-state index in [0.29, 0.717) is 24.5 Å². The quantitative estimate of drug-likeness (QED) is 0.826. The van der Waals surface area contributed by atoms with E-state index in [-0.39, 0.29) is 12.0 Å². The molecule has 3 rings (SSSR count). The maximum absolute atomic E-state index is 12.1. The van der Waals surface area contributed by atoms with Crippen molar-refractivity contribution < 1.29 is 9.53 Å². The van der Waals surface area contributed by atoms with Gasteiger partial charge in [0.2, 0.25) is 0 Å². The number of hydrogen-bond donors (Lipinski definition) is 2. The van der Waals surface area contributed by atoms with E-state index < -0.39 is 6.10 Å². The molecule has 0 spiro atoms. The third-order valence-electron chi connectivity index (χ3n) is 3.33. The molecule has 3 heterocycles. The average molecular weight is 288 g/mol. The molecule has 1 amide bonds. The number of carbonyl (C=O) groups excluding carboxylic acids is 1. The molecule has 0 saturated carbocycles. The van der Waals surface area contributed by atoms with Gasteiger partial charge in [-0.1, -0.05) is 0 Å². The highest BCUT2D eigenvalue weighted by Gasteiger charge is 2.29. The highest BCUT2D eigenvalue weighted by atomic mass is 16.5. The molecule has 8 nitrogen and oxygen atoms in total. The lowest BCUT2D eigenvalue weighted by molar-refractivity contribution is -0.126. The first-order valence-corrected chi connectivity index (χ1v) is 6.73. The molecule has 2 atom stereocenters. The molecule has 0 bridgehead atoms. The van der Waals surface area contributed by atoms with Crippen LogP contribution in [-0.4, -0.2) is 44.4 Å². The Morgan fingerprint density at radius 3 is 3.00 bits per heavy atom. The van der Waals surface area contributed by atoms with Crippen molar-refractivity contribution in [3.8, 4) is 5.82 Å². The summed E-state index contributed by atoms with van der Waals surface area (Å²) in [5.74, 6) is 0.465. The minimum absolute atomic E-state index is 0.0198. The molecule has 2 aromatic rings. The Balaban J connectivity index is 1.62. The van der Waals surface area contributed by atoms with E-state index in [4.69, 9.17) is 10.5 Å². The third-order valence-corrected chi connectivity index (χ3v) is 3.33. The van der Waals surface area contributed by atoms with E-state index in [1.807, 2.05) is 0 Å². The van der Waals surface area contributed by atoms with Gasteiger partial charge in [0, 0.05) is 6.54 Å². The minimum atomic E-state index is -0.437. The Kier molecular flexibility index (Phi) is 3.89. The van der Waals surface area contributed by atoms with Crippen LogP contribution in [-0.2, 0) is 9.53 Å². The molecule has 8 heteroatoms. The van der Waals surface area contributed by atoms with E-state index in [2.05, 4.69) is 20.4 Å². The van der Waals surface area contributed by atoms with Crippen molar-refractivity contribution in [2.45, 2.75) is 25.0 Å².